The maximum Gasteiger partial charge on any atom is 0.171 e. The van der Waals surface area contributed by atoms with E-state index in [0.29, 0.717) is 27.4 Å². The monoisotopic (exact) mass is 306 g/mol. The maximum absolute atomic E-state index is 13.7. The number of fused-ring (bicyclic) bond motifs is 1. The Bertz CT molecular complexity index is 798. The van der Waals surface area contributed by atoms with Gasteiger partial charge in [-0.2, -0.15) is 0 Å². The van der Waals surface area contributed by atoms with Crippen LogP contribution in [0.5, 0.6) is 0 Å². The summed E-state index contributed by atoms with van der Waals surface area (Å²) in [5, 5.41) is 1.04. The van der Waals surface area contributed by atoms with Gasteiger partial charge in [0.25, 0.3) is 0 Å². The topological polar surface area (TPSA) is 25.8 Å². The molecule has 0 aliphatic heterocycles. The van der Waals surface area contributed by atoms with Crippen LogP contribution in [0.1, 0.15) is 17.4 Å². The number of rotatable bonds is 2. The molecule has 3 aromatic rings. The van der Waals surface area contributed by atoms with Crippen molar-refractivity contribution in [2.24, 2.45) is 0 Å². The molecule has 0 saturated heterocycles. The highest BCUT2D eigenvalue weighted by Crippen LogP contribution is 2.31. The van der Waals surface area contributed by atoms with Crippen molar-refractivity contribution in [1.29, 1.82) is 0 Å². The summed E-state index contributed by atoms with van der Waals surface area (Å²) in [4.78, 5) is 11.0. The summed E-state index contributed by atoms with van der Waals surface area (Å²) in [6.45, 7) is 3.81. The summed E-state index contributed by atoms with van der Waals surface area (Å²) >= 11 is 7.84. The number of nitrogens with zero attached hydrogens (tertiary/aromatic N) is 2. The molecule has 0 atom stereocenters. The van der Waals surface area contributed by atoms with E-state index in [-0.39, 0.29) is 5.82 Å². The van der Waals surface area contributed by atoms with Crippen molar-refractivity contribution in [3.05, 3.63) is 45.7 Å². The quantitative estimate of drug-likeness (QED) is 0.621. The molecule has 0 fully saturated rings. The Kier molecular flexibility index (Phi) is 3.44. The van der Waals surface area contributed by atoms with Crippen LogP contribution in [-0.4, -0.2) is 9.97 Å². The van der Waals surface area contributed by atoms with E-state index in [9.17, 15) is 4.39 Å². The van der Waals surface area contributed by atoms with Crippen LogP contribution in [0.4, 0.5) is 4.39 Å². The first kappa shape index (κ1) is 13.5. The predicted molar refractivity (Wildman–Crippen MR) is 81.9 cm³/mol. The molecular weight excluding hydrogens is 295 g/mol. The minimum Gasteiger partial charge on any atom is -0.227 e. The highest BCUT2D eigenvalue weighted by Gasteiger charge is 2.13. The van der Waals surface area contributed by atoms with Crippen LogP contribution in [0.3, 0.4) is 0 Å². The van der Waals surface area contributed by atoms with Crippen LogP contribution in [0.2, 0.25) is 5.15 Å². The van der Waals surface area contributed by atoms with E-state index in [1.807, 2.05) is 6.07 Å². The third kappa shape index (κ3) is 2.19. The van der Waals surface area contributed by atoms with Crippen LogP contribution in [-0.2, 0) is 6.42 Å². The fourth-order valence-electron chi connectivity index (χ4n) is 2.07. The summed E-state index contributed by atoms with van der Waals surface area (Å²) in [6, 6.07) is 7.05. The first-order valence-electron chi connectivity index (χ1n) is 6.31. The van der Waals surface area contributed by atoms with Crippen molar-refractivity contribution < 1.29 is 4.39 Å². The fraction of sp³-hybridized carbons (Fsp3) is 0.200. The zero-order chi connectivity index (χ0) is 14.3. The van der Waals surface area contributed by atoms with Gasteiger partial charge in [0.15, 0.2) is 5.82 Å². The van der Waals surface area contributed by atoms with Crippen molar-refractivity contribution >= 4 is 33.8 Å². The molecule has 3 rings (SSSR count). The second kappa shape index (κ2) is 5.11. The van der Waals surface area contributed by atoms with Gasteiger partial charge >= 0.3 is 0 Å². The summed E-state index contributed by atoms with van der Waals surface area (Å²) in [6.07, 6.45) is 0.972. The Balaban J connectivity index is 2.25. The molecule has 0 spiro atoms. The van der Waals surface area contributed by atoms with Crippen LogP contribution in [0, 0.1) is 12.7 Å². The largest absolute Gasteiger partial charge is 0.227 e. The van der Waals surface area contributed by atoms with E-state index in [1.165, 1.54) is 10.9 Å². The van der Waals surface area contributed by atoms with Crippen molar-refractivity contribution in [2.75, 3.05) is 0 Å². The molecule has 0 aliphatic rings. The normalized spacial score (nSPS) is 11.2. The summed E-state index contributed by atoms with van der Waals surface area (Å²) in [7, 11) is 0. The number of aryl methyl sites for hydroxylation is 2. The molecule has 2 heterocycles. The zero-order valence-electron chi connectivity index (χ0n) is 11.1. The fourth-order valence-corrected chi connectivity index (χ4v) is 3.18. The molecule has 1 aromatic carbocycles. The highest BCUT2D eigenvalue weighted by molar-refractivity contribution is 7.15. The summed E-state index contributed by atoms with van der Waals surface area (Å²) in [5.41, 5.74) is 1.08. The smallest absolute Gasteiger partial charge is 0.171 e. The number of halogens is 2. The lowest BCUT2D eigenvalue weighted by molar-refractivity contribution is 0.620. The number of hydrogen-bond acceptors (Lipinski definition) is 3. The number of benzene rings is 1. The molecule has 102 valence electrons. The Hall–Kier alpha value is -1.52. The molecule has 0 radical (unpaired) electrons. The van der Waals surface area contributed by atoms with Crippen LogP contribution < -0.4 is 0 Å². The molecule has 0 N–H and O–H groups in total. The van der Waals surface area contributed by atoms with Gasteiger partial charge in [-0.25, -0.2) is 14.4 Å². The minimum atomic E-state index is -0.279. The zero-order valence-corrected chi connectivity index (χ0v) is 12.6. The molecule has 2 aromatic heterocycles. The lowest BCUT2D eigenvalue weighted by Crippen LogP contribution is -1.94. The average Bonchev–Trinajstić information content (AvgIpc) is 2.92. The van der Waals surface area contributed by atoms with Crippen LogP contribution in [0.15, 0.2) is 24.3 Å². The predicted octanol–water partition coefficient (Wildman–Crippen LogP) is 5.02. The highest BCUT2D eigenvalue weighted by atomic mass is 35.5. The molecule has 0 unspecified atom stereocenters. The van der Waals surface area contributed by atoms with Gasteiger partial charge in [-0.1, -0.05) is 18.5 Å². The third-order valence-corrected chi connectivity index (χ3v) is 4.75. The molecule has 5 heteroatoms. The van der Waals surface area contributed by atoms with Crippen molar-refractivity contribution in [3.63, 3.8) is 0 Å². The van der Waals surface area contributed by atoms with Crippen LogP contribution in [0.25, 0.3) is 21.6 Å². The molecule has 2 nitrogen and oxygen atoms in total. The lowest BCUT2D eigenvalue weighted by Gasteiger charge is -2.06. The van der Waals surface area contributed by atoms with E-state index >= 15 is 0 Å². The molecule has 0 amide bonds. The standard InChI is InChI=1S/C15H12ClFN2S/c1-3-9-4-7-12(20-9)15-18-13-8(2)11(17)6-5-10(13)14(16)19-15/h4-7H,3H2,1-2H3. The molecule has 20 heavy (non-hydrogen) atoms. The first-order valence-corrected chi connectivity index (χ1v) is 7.51. The number of hydrogen-bond donors (Lipinski definition) is 0. The van der Waals surface area contributed by atoms with E-state index in [4.69, 9.17) is 11.6 Å². The van der Waals surface area contributed by atoms with Gasteiger partial charge in [-0.3, -0.25) is 0 Å². The minimum absolute atomic E-state index is 0.279. The lowest BCUT2D eigenvalue weighted by atomic mass is 10.1. The van der Waals surface area contributed by atoms with Crippen molar-refractivity contribution in [3.8, 4) is 10.7 Å². The van der Waals surface area contributed by atoms with Gasteiger partial charge in [0.1, 0.15) is 11.0 Å². The Morgan fingerprint density at radius 1 is 1.20 bits per heavy atom. The third-order valence-electron chi connectivity index (χ3n) is 3.24. The van der Waals surface area contributed by atoms with E-state index < -0.39 is 0 Å². The second-order valence-corrected chi connectivity index (χ2v) is 6.05. The van der Waals surface area contributed by atoms with Gasteiger partial charge < -0.3 is 0 Å². The van der Waals surface area contributed by atoms with E-state index in [0.717, 1.165) is 11.3 Å². The molecular formula is C15H12ClFN2S. The number of aromatic nitrogens is 2. The first-order chi connectivity index (χ1) is 9.60. The van der Waals surface area contributed by atoms with Gasteiger partial charge in [-0.15, -0.1) is 11.3 Å². The SMILES string of the molecule is CCc1ccc(-c2nc(Cl)c3ccc(F)c(C)c3n2)s1. The summed E-state index contributed by atoms with van der Waals surface area (Å²) in [5.74, 6) is 0.277. The van der Waals surface area contributed by atoms with Gasteiger partial charge in [0, 0.05) is 15.8 Å². The Morgan fingerprint density at radius 3 is 2.70 bits per heavy atom. The maximum atomic E-state index is 13.7. The van der Waals surface area contributed by atoms with Crippen molar-refractivity contribution in [1.82, 2.24) is 9.97 Å². The van der Waals surface area contributed by atoms with E-state index in [2.05, 4.69) is 23.0 Å². The molecule has 0 aliphatic carbocycles. The average molecular weight is 307 g/mol. The second-order valence-electron chi connectivity index (χ2n) is 4.53. The van der Waals surface area contributed by atoms with Crippen LogP contribution >= 0.6 is 22.9 Å². The molecule has 0 bridgehead atoms. The van der Waals surface area contributed by atoms with Gasteiger partial charge in [0.2, 0.25) is 0 Å². The summed E-state index contributed by atoms with van der Waals surface area (Å²) < 4.78 is 13.7. The Morgan fingerprint density at radius 2 is 2.00 bits per heavy atom. The molecule has 0 saturated carbocycles. The van der Waals surface area contributed by atoms with Crippen molar-refractivity contribution in [2.45, 2.75) is 20.3 Å². The number of thiophene rings is 1. The Labute approximate surface area is 125 Å². The van der Waals surface area contributed by atoms with Gasteiger partial charge in [0.05, 0.1) is 10.4 Å². The van der Waals surface area contributed by atoms with E-state index in [1.54, 1.807) is 24.3 Å². The van der Waals surface area contributed by atoms with Gasteiger partial charge in [-0.05, 0) is 37.6 Å².